The first-order chi connectivity index (χ1) is 18.7. The number of hydrogen-bond donors (Lipinski definition) is 2. The minimum absolute atomic E-state index is 0.0308. The highest BCUT2D eigenvalue weighted by molar-refractivity contribution is 7.90. The monoisotopic (exact) mass is 597 g/mol. The molecule has 0 radical (unpaired) electrons. The summed E-state index contributed by atoms with van der Waals surface area (Å²) in [4.78, 5) is 38.9. The molecule has 2 unspecified atom stereocenters. The van der Waals surface area contributed by atoms with Crippen molar-refractivity contribution in [2.45, 2.75) is 75.7 Å². The fourth-order valence-electron chi connectivity index (χ4n) is 4.50. The van der Waals surface area contributed by atoms with Crippen LogP contribution in [0.15, 0.2) is 47.4 Å². The zero-order chi connectivity index (χ0) is 31.0. The van der Waals surface area contributed by atoms with Gasteiger partial charge in [0.1, 0.15) is 11.6 Å². The molecule has 0 bridgehead atoms. The van der Waals surface area contributed by atoms with Crippen molar-refractivity contribution >= 4 is 33.4 Å². The summed E-state index contributed by atoms with van der Waals surface area (Å²) in [6.07, 6.45) is -4.73. The minimum atomic E-state index is -4.61. The van der Waals surface area contributed by atoms with Gasteiger partial charge in [-0.15, -0.1) is 0 Å². The molecule has 9 nitrogen and oxygen atoms in total. The maximum Gasteiger partial charge on any atom is 0.411 e. The molecule has 1 heterocycles. The number of benzene rings is 2. The minimum Gasteiger partial charge on any atom is -0.444 e. The zero-order valence-electron chi connectivity index (χ0n) is 23.7. The first kappa shape index (κ1) is 31.9. The molecule has 0 spiro atoms. The van der Waals surface area contributed by atoms with Crippen LogP contribution in [-0.4, -0.2) is 55.8 Å². The van der Waals surface area contributed by atoms with E-state index in [-0.39, 0.29) is 35.7 Å². The number of fused-ring (bicyclic) bond motifs is 1. The van der Waals surface area contributed by atoms with Crippen LogP contribution in [0, 0.1) is 0 Å². The van der Waals surface area contributed by atoms with Crippen LogP contribution in [0.3, 0.4) is 0 Å². The third-order valence-electron chi connectivity index (χ3n) is 6.78. The van der Waals surface area contributed by atoms with E-state index in [4.69, 9.17) is 4.74 Å². The molecule has 3 amide bonds. The molecule has 1 aliphatic rings. The Kier molecular flexibility index (Phi) is 8.83. The molecule has 2 N–H and O–H groups in total. The molecule has 2 aromatic rings. The van der Waals surface area contributed by atoms with Crippen LogP contribution in [0.25, 0.3) is 0 Å². The number of rotatable bonds is 7. The molecular formula is C28H34F3N3O6S. The molecule has 1 aliphatic heterocycles. The van der Waals surface area contributed by atoms with Gasteiger partial charge in [-0.05, 0) is 75.1 Å². The number of nitrogens with one attached hydrogen (secondary N) is 2. The number of ether oxygens (including phenoxy) is 1. The number of anilines is 1. The number of sulfone groups is 1. The average molecular weight is 598 g/mol. The number of hydrogen-bond acceptors (Lipinski definition) is 6. The Balaban J connectivity index is 1.90. The van der Waals surface area contributed by atoms with Gasteiger partial charge >= 0.3 is 12.3 Å². The van der Waals surface area contributed by atoms with E-state index in [0.717, 1.165) is 13.2 Å². The number of carbonyl (C=O) groups excluding carboxylic acids is 3. The van der Waals surface area contributed by atoms with Crippen molar-refractivity contribution in [1.82, 2.24) is 10.2 Å². The van der Waals surface area contributed by atoms with Crippen LogP contribution in [0.2, 0.25) is 0 Å². The Labute approximate surface area is 237 Å². The van der Waals surface area contributed by atoms with Crippen LogP contribution >= 0.6 is 0 Å². The highest BCUT2D eigenvalue weighted by atomic mass is 32.2. The standard InChI is InChI=1S/C28H34F3N3O6S/c1-17(35)32-14-13-27(5,28(29,30)31)19-7-9-20(10-8-19)33-24(36)23-22-12-11-21(41(6,38)39)15-18(22)16-34(23)25(37)40-26(2,3)4/h7-12,15,23H,13-14,16H2,1-6H3,(H,32,35)(H,33,36). The van der Waals surface area contributed by atoms with E-state index in [1.807, 2.05) is 0 Å². The summed E-state index contributed by atoms with van der Waals surface area (Å²) in [6, 6.07) is 8.21. The van der Waals surface area contributed by atoms with Crippen molar-refractivity contribution in [3.05, 3.63) is 59.2 Å². The molecule has 0 saturated heterocycles. The lowest BCUT2D eigenvalue weighted by Crippen LogP contribution is -2.42. The van der Waals surface area contributed by atoms with E-state index in [9.17, 15) is 36.0 Å². The maximum absolute atomic E-state index is 14.0. The van der Waals surface area contributed by atoms with Gasteiger partial charge in [0.05, 0.1) is 16.9 Å². The zero-order valence-corrected chi connectivity index (χ0v) is 24.5. The van der Waals surface area contributed by atoms with Crippen molar-refractivity contribution in [3.63, 3.8) is 0 Å². The summed E-state index contributed by atoms with van der Waals surface area (Å²) >= 11 is 0. The highest BCUT2D eigenvalue weighted by Gasteiger charge is 2.51. The number of alkyl halides is 3. The van der Waals surface area contributed by atoms with Gasteiger partial charge in [-0.1, -0.05) is 18.2 Å². The second-order valence-electron chi connectivity index (χ2n) is 11.3. The average Bonchev–Trinajstić information content (AvgIpc) is 3.21. The lowest BCUT2D eigenvalue weighted by Gasteiger charge is -2.33. The van der Waals surface area contributed by atoms with E-state index in [0.29, 0.717) is 11.1 Å². The third kappa shape index (κ3) is 7.38. The molecule has 0 aliphatic carbocycles. The fraction of sp³-hybridized carbons (Fsp3) is 0.464. The van der Waals surface area contributed by atoms with Gasteiger partial charge in [0, 0.05) is 25.4 Å². The van der Waals surface area contributed by atoms with Gasteiger partial charge in [-0.3, -0.25) is 14.5 Å². The van der Waals surface area contributed by atoms with Crippen LogP contribution < -0.4 is 10.6 Å². The van der Waals surface area contributed by atoms with Crippen molar-refractivity contribution in [1.29, 1.82) is 0 Å². The first-order valence-corrected chi connectivity index (χ1v) is 14.7. The normalized spacial score (nSPS) is 16.9. The summed E-state index contributed by atoms with van der Waals surface area (Å²) in [5, 5.41) is 5.03. The molecule has 0 saturated carbocycles. The van der Waals surface area contributed by atoms with E-state index < -0.39 is 51.0 Å². The van der Waals surface area contributed by atoms with Crippen LogP contribution in [-0.2, 0) is 36.1 Å². The van der Waals surface area contributed by atoms with Crippen molar-refractivity contribution in [3.8, 4) is 0 Å². The summed E-state index contributed by atoms with van der Waals surface area (Å²) in [7, 11) is -3.55. The maximum atomic E-state index is 14.0. The largest absolute Gasteiger partial charge is 0.444 e. The molecular weight excluding hydrogens is 563 g/mol. The van der Waals surface area contributed by atoms with E-state index in [2.05, 4.69) is 10.6 Å². The Morgan fingerprint density at radius 3 is 2.15 bits per heavy atom. The topological polar surface area (TPSA) is 122 Å². The number of carbonyl (C=O) groups is 3. The van der Waals surface area contributed by atoms with Gasteiger partial charge in [0.15, 0.2) is 9.84 Å². The van der Waals surface area contributed by atoms with Crippen LogP contribution in [0.5, 0.6) is 0 Å². The number of nitrogens with zero attached hydrogens (tertiary/aromatic N) is 1. The molecule has 2 aromatic carbocycles. The summed E-state index contributed by atoms with van der Waals surface area (Å²) in [6.45, 7) is 7.00. The molecule has 0 fully saturated rings. The lowest BCUT2D eigenvalue weighted by molar-refractivity contribution is -0.187. The van der Waals surface area contributed by atoms with Gasteiger partial charge in [0.2, 0.25) is 5.91 Å². The first-order valence-electron chi connectivity index (χ1n) is 12.8. The molecule has 224 valence electrons. The Morgan fingerprint density at radius 2 is 1.63 bits per heavy atom. The predicted molar refractivity (Wildman–Crippen MR) is 146 cm³/mol. The summed E-state index contributed by atoms with van der Waals surface area (Å²) in [5.74, 6) is -1.09. The SMILES string of the molecule is CC(=O)NCCC(C)(c1ccc(NC(=O)C2c3ccc(S(C)(=O)=O)cc3CN2C(=O)OC(C)(C)C)cc1)C(F)(F)F. The molecule has 41 heavy (non-hydrogen) atoms. The van der Waals surface area contributed by atoms with E-state index in [1.165, 1.54) is 54.3 Å². The van der Waals surface area contributed by atoms with E-state index in [1.54, 1.807) is 20.8 Å². The smallest absolute Gasteiger partial charge is 0.411 e. The number of amides is 3. The third-order valence-corrected chi connectivity index (χ3v) is 7.89. The molecule has 13 heteroatoms. The van der Waals surface area contributed by atoms with Crippen LogP contribution in [0.4, 0.5) is 23.7 Å². The summed E-state index contributed by atoms with van der Waals surface area (Å²) < 4.78 is 71.7. The Hall–Kier alpha value is -3.61. The van der Waals surface area contributed by atoms with Crippen molar-refractivity contribution in [2.24, 2.45) is 0 Å². The molecule has 3 rings (SSSR count). The summed E-state index contributed by atoms with van der Waals surface area (Å²) in [5.41, 5.74) is -2.13. The van der Waals surface area contributed by atoms with Gasteiger partial charge < -0.3 is 15.4 Å². The van der Waals surface area contributed by atoms with E-state index >= 15 is 0 Å². The van der Waals surface area contributed by atoms with Gasteiger partial charge in [-0.2, -0.15) is 13.2 Å². The molecule has 2 atom stereocenters. The van der Waals surface area contributed by atoms with Gasteiger partial charge in [-0.25, -0.2) is 13.2 Å². The quantitative estimate of drug-likeness (QED) is 0.470. The lowest BCUT2D eigenvalue weighted by atomic mass is 9.78. The van der Waals surface area contributed by atoms with Gasteiger partial charge in [0.25, 0.3) is 5.91 Å². The fourth-order valence-corrected chi connectivity index (χ4v) is 5.17. The second kappa shape index (κ2) is 11.3. The number of halogens is 3. The Morgan fingerprint density at radius 1 is 1.02 bits per heavy atom. The highest BCUT2D eigenvalue weighted by Crippen LogP contribution is 2.44. The predicted octanol–water partition coefficient (Wildman–Crippen LogP) is 4.87. The van der Waals surface area contributed by atoms with Crippen molar-refractivity contribution in [2.75, 3.05) is 18.1 Å². The molecule has 0 aromatic heterocycles. The second-order valence-corrected chi connectivity index (χ2v) is 13.3. The Bertz CT molecular complexity index is 1440. The van der Waals surface area contributed by atoms with Crippen LogP contribution in [0.1, 0.15) is 63.8 Å². The van der Waals surface area contributed by atoms with Crippen molar-refractivity contribution < 1.29 is 40.7 Å².